The normalized spacial score (nSPS) is 10.6. The highest BCUT2D eigenvalue weighted by atomic mass is 16.5. The number of benzene rings is 2. The Balaban J connectivity index is 1.48. The Kier molecular flexibility index (Phi) is 10.2. The first-order valence-corrected chi connectivity index (χ1v) is 12.3. The Morgan fingerprint density at radius 3 is 2.21 bits per heavy atom. The molecule has 38 heavy (non-hydrogen) atoms. The van der Waals surface area contributed by atoms with Crippen molar-refractivity contribution in [2.75, 3.05) is 19.8 Å². The average molecular weight is 523 g/mol. The summed E-state index contributed by atoms with van der Waals surface area (Å²) in [4.78, 5) is 47.9. The number of esters is 3. The molecule has 0 aliphatic carbocycles. The molecule has 0 amide bonds. The summed E-state index contributed by atoms with van der Waals surface area (Å²) in [6, 6.07) is 12.0. The van der Waals surface area contributed by atoms with Gasteiger partial charge < -0.3 is 23.4 Å². The Morgan fingerprint density at radius 2 is 1.53 bits per heavy atom. The molecular formula is C29H30O9. The van der Waals surface area contributed by atoms with Gasteiger partial charge in [-0.25, -0.2) is 19.2 Å². The van der Waals surface area contributed by atoms with E-state index in [9.17, 15) is 19.2 Å². The van der Waals surface area contributed by atoms with E-state index in [0.717, 1.165) is 31.7 Å². The Morgan fingerprint density at radius 1 is 0.842 bits per heavy atom. The fourth-order valence-electron chi connectivity index (χ4n) is 3.47. The highest BCUT2D eigenvalue weighted by Gasteiger charge is 2.16. The van der Waals surface area contributed by atoms with Gasteiger partial charge in [-0.15, -0.1) is 0 Å². The zero-order valence-corrected chi connectivity index (χ0v) is 21.4. The number of fused-ring (bicyclic) bond motifs is 1. The summed E-state index contributed by atoms with van der Waals surface area (Å²) in [6.45, 7) is 7.89. The molecule has 0 saturated heterocycles. The van der Waals surface area contributed by atoms with Crippen molar-refractivity contribution in [3.05, 3.63) is 82.2 Å². The number of carbonyl (C=O) groups is 3. The van der Waals surface area contributed by atoms with E-state index in [1.807, 2.05) is 0 Å². The van der Waals surface area contributed by atoms with E-state index in [1.54, 1.807) is 38.1 Å². The highest BCUT2D eigenvalue weighted by Crippen LogP contribution is 2.24. The van der Waals surface area contributed by atoms with Crippen LogP contribution in [0.3, 0.4) is 0 Å². The SMILES string of the molecule is C=C(C)C(=O)OCCCCCCOc1ccc(C(=O)Oc2ccc3c(C(=O)OCC)cc(=O)oc3c2)cc1. The van der Waals surface area contributed by atoms with E-state index < -0.39 is 17.6 Å². The first-order valence-electron chi connectivity index (χ1n) is 12.3. The van der Waals surface area contributed by atoms with E-state index in [4.69, 9.17) is 23.4 Å². The van der Waals surface area contributed by atoms with Crippen LogP contribution in [0.15, 0.2) is 69.9 Å². The van der Waals surface area contributed by atoms with Crippen molar-refractivity contribution in [1.29, 1.82) is 0 Å². The lowest BCUT2D eigenvalue weighted by Gasteiger charge is -2.09. The number of hydrogen-bond acceptors (Lipinski definition) is 9. The van der Waals surface area contributed by atoms with Crippen molar-refractivity contribution in [3.63, 3.8) is 0 Å². The summed E-state index contributed by atoms with van der Waals surface area (Å²) in [7, 11) is 0. The van der Waals surface area contributed by atoms with Gasteiger partial charge in [0.1, 0.15) is 17.1 Å². The minimum atomic E-state index is -0.719. The van der Waals surface area contributed by atoms with Crippen molar-refractivity contribution >= 4 is 28.9 Å². The highest BCUT2D eigenvalue weighted by molar-refractivity contribution is 6.03. The van der Waals surface area contributed by atoms with E-state index in [0.29, 0.717) is 35.5 Å². The molecule has 0 radical (unpaired) electrons. The topological polar surface area (TPSA) is 118 Å². The molecule has 0 atom stereocenters. The van der Waals surface area contributed by atoms with Crippen LogP contribution in [0.4, 0.5) is 0 Å². The van der Waals surface area contributed by atoms with Crippen LogP contribution in [0.1, 0.15) is 60.2 Å². The van der Waals surface area contributed by atoms with Crippen molar-refractivity contribution < 1.29 is 37.7 Å². The van der Waals surface area contributed by atoms with Crippen LogP contribution in [0.2, 0.25) is 0 Å². The smallest absolute Gasteiger partial charge is 0.343 e. The predicted octanol–water partition coefficient (Wildman–Crippen LogP) is 5.25. The van der Waals surface area contributed by atoms with Gasteiger partial charge in [0.2, 0.25) is 0 Å². The van der Waals surface area contributed by atoms with Gasteiger partial charge in [0, 0.05) is 23.1 Å². The van der Waals surface area contributed by atoms with Gasteiger partial charge in [-0.3, -0.25) is 0 Å². The number of ether oxygens (including phenoxy) is 4. The van der Waals surface area contributed by atoms with Gasteiger partial charge in [0.15, 0.2) is 0 Å². The van der Waals surface area contributed by atoms with Gasteiger partial charge in [-0.05, 0) is 75.9 Å². The van der Waals surface area contributed by atoms with Crippen LogP contribution < -0.4 is 15.1 Å². The molecule has 0 fully saturated rings. The van der Waals surface area contributed by atoms with Crippen LogP contribution in [0, 0.1) is 0 Å². The molecule has 2 aromatic carbocycles. The molecule has 3 rings (SSSR count). The first-order chi connectivity index (χ1) is 18.3. The average Bonchev–Trinajstić information content (AvgIpc) is 2.89. The molecule has 0 saturated carbocycles. The minimum Gasteiger partial charge on any atom is -0.494 e. The predicted molar refractivity (Wildman–Crippen MR) is 140 cm³/mol. The third-order valence-corrected chi connectivity index (χ3v) is 5.40. The maximum atomic E-state index is 12.6. The van der Waals surface area contributed by atoms with Crippen LogP contribution in [0.5, 0.6) is 11.5 Å². The van der Waals surface area contributed by atoms with E-state index >= 15 is 0 Å². The summed E-state index contributed by atoms with van der Waals surface area (Å²) in [5, 5.41) is 0.371. The summed E-state index contributed by atoms with van der Waals surface area (Å²) < 4.78 is 26.3. The van der Waals surface area contributed by atoms with E-state index in [2.05, 4.69) is 6.58 Å². The summed E-state index contributed by atoms with van der Waals surface area (Å²) in [5.74, 6) is -0.834. The fraction of sp³-hybridized carbons (Fsp3) is 0.310. The maximum absolute atomic E-state index is 12.6. The Labute approximate surface area is 219 Å². The van der Waals surface area contributed by atoms with E-state index in [1.165, 1.54) is 18.2 Å². The molecule has 1 heterocycles. The standard InChI is InChI=1S/C29H30O9/c1-4-34-29(33)24-18-26(30)38-25-17-22(13-14-23(24)25)37-28(32)20-9-11-21(12-10-20)35-15-7-5-6-8-16-36-27(31)19(2)3/h9-14,17-18H,2,4-8,15-16H2,1,3H3. The number of unbranched alkanes of at least 4 members (excludes halogenated alkanes) is 3. The third kappa shape index (κ3) is 8.06. The van der Waals surface area contributed by atoms with Gasteiger partial charge in [-0.2, -0.15) is 0 Å². The van der Waals surface area contributed by atoms with Crippen molar-refractivity contribution in [2.45, 2.75) is 39.5 Å². The second-order valence-corrected chi connectivity index (χ2v) is 8.45. The van der Waals surface area contributed by atoms with Crippen LogP contribution in [0.25, 0.3) is 11.0 Å². The quantitative estimate of drug-likeness (QED) is 0.0975. The van der Waals surface area contributed by atoms with Crippen LogP contribution >= 0.6 is 0 Å². The molecule has 200 valence electrons. The van der Waals surface area contributed by atoms with Crippen LogP contribution in [-0.4, -0.2) is 37.7 Å². The minimum absolute atomic E-state index is 0.0793. The van der Waals surface area contributed by atoms with Gasteiger partial charge in [0.25, 0.3) is 0 Å². The molecule has 9 heteroatoms. The maximum Gasteiger partial charge on any atom is 0.343 e. The molecule has 0 unspecified atom stereocenters. The number of rotatable bonds is 13. The van der Waals surface area contributed by atoms with Gasteiger partial charge in [0.05, 0.1) is 30.9 Å². The second-order valence-electron chi connectivity index (χ2n) is 8.45. The molecule has 0 aliphatic heterocycles. The van der Waals surface area contributed by atoms with Crippen molar-refractivity contribution in [3.8, 4) is 11.5 Å². The molecule has 0 N–H and O–H groups in total. The van der Waals surface area contributed by atoms with Crippen molar-refractivity contribution in [2.24, 2.45) is 0 Å². The first kappa shape index (κ1) is 28.2. The van der Waals surface area contributed by atoms with Crippen LogP contribution in [-0.2, 0) is 14.3 Å². The largest absolute Gasteiger partial charge is 0.494 e. The second kappa shape index (κ2) is 13.8. The van der Waals surface area contributed by atoms with Crippen molar-refractivity contribution in [1.82, 2.24) is 0 Å². The Hall–Kier alpha value is -4.40. The lowest BCUT2D eigenvalue weighted by atomic mass is 10.1. The van der Waals surface area contributed by atoms with Gasteiger partial charge in [-0.1, -0.05) is 6.58 Å². The number of carbonyl (C=O) groups excluding carboxylic acids is 3. The molecule has 9 nitrogen and oxygen atoms in total. The van der Waals surface area contributed by atoms with E-state index in [-0.39, 0.29) is 29.5 Å². The summed E-state index contributed by atoms with van der Waals surface area (Å²) >= 11 is 0. The molecule has 0 bridgehead atoms. The molecule has 0 aliphatic rings. The molecular weight excluding hydrogens is 492 g/mol. The zero-order chi connectivity index (χ0) is 27.5. The third-order valence-electron chi connectivity index (χ3n) is 5.40. The fourth-order valence-corrected chi connectivity index (χ4v) is 3.47. The lowest BCUT2D eigenvalue weighted by molar-refractivity contribution is -0.139. The summed E-state index contributed by atoms with van der Waals surface area (Å²) in [5.41, 5.74) is 0.164. The molecule has 0 spiro atoms. The molecule has 3 aromatic rings. The Bertz CT molecular complexity index is 1350. The molecule has 1 aromatic heterocycles. The van der Waals surface area contributed by atoms with Gasteiger partial charge >= 0.3 is 23.5 Å². The number of hydrogen-bond donors (Lipinski definition) is 0. The monoisotopic (exact) mass is 522 g/mol. The summed E-state index contributed by atoms with van der Waals surface area (Å²) in [6.07, 6.45) is 3.47. The lowest BCUT2D eigenvalue weighted by Crippen LogP contribution is -2.11. The zero-order valence-electron chi connectivity index (χ0n) is 21.4.